The summed E-state index contributed by atoms with van der Waals surface area (Å²) >= 11 is 0. The predicted molar refractivity (Wildman–Crippen MR) is 94.4 cm³/mol. The van der Waals surface area contributed by atoms with Crippen LogP contribution in [-0.2, 0) is 20.7 Å². The van der Waals surface area contributed by atoms with Gasteiger partial charge in [0.25, 0.3) is 0 Å². The first kappa shape index (κ1) is 19.0. The van der Waals surface area contributed by atoms with Crippen LogP contribution in [0, 0.1) is 11.5 Å². The van der Waals surface area contributed by atoms with Crippen LogP contribution in [-0.4, -0.2) is 32.6 Å². The highest BCUT2D eigenvalue weighted by Gasteiger charge is 2.17. The normalized spacial score (nSPS) is 11.8. The molecule has 1 amide bonds. The minimum atomic E-state index is -1.58. The molecule has 5 heteroatoms. The topological polar surface area (TPSA) is 55.4 Å². The van der Waals surface area contributed by atoms with Crippen molar-refractivity contribution in [3.8, 4) is 11.5 Å². The van der Waals surface area contributed by atoms with Gasteiger partial charge in [-0.15, -0.1) is 5.54 Å². The van der Waals surface area contributed by atoms with Crippen molar-refractivity contribution in [3.05, 3.63) is 35.9 Å². The van der Waals surface area contributed by atoms with Crippen molar-refractivity contribution >= 4 is 20.0 Å². The molecule has 0 aliphatic rings. The largest absolute Gasteiger partial charge is 0.466 e. The molecule has 0 heterocycles. The quantitative estimate of drug-likeness (QED) is 0.495. The maximum atomic E-state index is 12.2. The molecule has 0 radical (unpaired) electrons. The molecule has 0 aliphatic heterocycles. The van der Waals surface area contributed by atoms with Crippen LogP contribution in [0.3, 0.4) is 0 Å². The SMILES string of the molecule is CCOC(=O)C[C@H](C#C[Si](C)(C)C)NC(=O)Cc1ccccc1. The summed E-state index contributed by atoms with van der Waals surface area (Å²) in [6.07, 6.45) is 0.348. The van der Waals surface area contributed by atoms with E-state index >= 15 is 0 Å². The van der Waals surface area contributed by atoms with Gasteiger partial charge >= 0.3 is 5.97 Å². The highest BCUT2D eigenvalue weighted by Crippen LogP contribution is 2.02. The Kier molecular flexibility index (Phi) is 7.56. The Morgan fingerprint density at radius 1 is 1.22 bits per heavy atom. The lowest BCUT2D eigenvalue weighted by Gasteiger charge is -2.14. The van der Waals surface area contributed by atoms with E-state index in [9.17, 15) is 9.59 Å². The Morgan fingerprint density at radius 3 is 2.43 bits per heavy atom. The minimum Gasteiger partial charge on any atom is -0.466 e. The van der Waals surface area contributed by atoms with Gasteiger partial charge in [-0.1, -0.05) is 55.9 Å². The second kappa shape index (κ2) is 9.16. The van der Waals surface area contributed by atoms with Crippen molar-refractivity contribution in [2.45, 2.75) is 45.4 Å². The fraction of sp³-hybridized carbons (Fsp3) is 0.444. The van der Waals surface area contributed by atoms with Gasteiger partial charge < -0.3 is 10.1 Å². The van der Waals surface area contributed by atoms with E-state index in [-0.39, 0.29) is 24.7 Å². The smallest absolute Gasteiger partial charge is 0.308 e. The maximum Gasteiger partial charge on any atom is 0.308 e. The molecule has 0 spiro atoms. The molecule has 0 saturated heterocycles. The molecule has 0 aromatic heterocycles. The van der Waals surface area contributed by atoms with Crippen LogP contribution in [0.5, 0.6) is 0 Å². The van der Waals surface area contributed by atoms with Gasteiger partial charge in [0.2, 0.25) is 5.91 Å². The van der Waals surface area contributed by atoms with Crippen LogP contribution < -0.4 is 5.32 Å². The third kappa shape index (κ3) is 8.84. The molecule has 1 aromatic rings. The number of carbonyl (C=O) groups excluding carboxylic acids is 2. The van der Waals surface area contributed by atoms with Crippen molar-refractivity contribution in [2.24, 2.45) is 0 Å². The fourth-order valence-corrected chi connectivity index (χ4v) is 2.46. The number of nitrogens with one attached hydrogen (secondary N) is 1. The molecular formula is C18H25NO3Si. The Morgan fingerprint density at radius 2 is 1.87 bits per heavy atom. The van der Waals surface area contributed by atoms with Crippen LogP contribution in [0.4, 0.5) is 0 Å². The predicted octanol–water partition coefficient (Wildman–Crippen LogP) is 2.55. The lowest BCUT2D eigenvalue weighted by molar-refractivity contribution is -0.143. The van der Waals surface area contributed by atoms with Gasteiger partial charge in [0, 0.05) is 0 Å². The second-order valence-corrected chi connectivity index (χ2v) is 11.1. The number of hydrogen-bond donors (Lipinski definition) is 1. The highest BCUT2D eigenvalue weighted by molar-refractivity contribution is 6.83. The Labute approximate surface area is 139 Å². The maximum absolute atomic E-state index is 12.2. The zero-order chi connectivity index (χ0) is 17.3. The van der Waals surface area contributed by atoms with E-state index in [1.54, 1.807) is 6.92 Å². The molecule has 4 nitrogen and oxygen atoms in total. The Balaban J connectivity index is 2.72. The summed E-state index contributed by atoms with van der Waals surface area (Å²) in [6.45, 7) is 8.44. The van der Waals surface area contributed by atoms with Crippen molar-refractivity contribution in [1.82, 2.24) is 5.32 Å². The third-order valence-electron chi connectivity index (χ3n) is 2.84. The molecule has 0 unspecified atom stereocenters. The van der Waals surface area contributed by atoms with Gasteiger partial charge in [-0.25, -0.2) is 0 Å². The van der Waals surface area contributed by atoms with Crippen molar-refractivity contribution in [1.29, 1.82) is 0 Å². The Hall–Kier alpha value is -2.06. The summed E-state index contributed by atoms with van der Waals surface area (Å²) in [7, 11) is -1.58. The van der Waals surface area contributed by atoms with E-state index in [0.29, 0.717) is 6.61 Å². The molecule has 0 saturated carbocycles. The molecule has 23 heavy (non-hydrogen) atoms. The number of esters is 1. The third-order valence-corrected chi connectivity index (χ3v) is 3.73. The number of benzene rings is 1. The van der Waals surface area contributed by atoms with Gasteiger partial charge in [-0.3, -0.25) is 9.59 Å². The summed E-state index contributed by atoms with van der Waals surface area (Å²) in [5, 5.41) is 2.84. The highest BCUT2D eigenvalue weighted by atomic mass is 28.3. The van der Waals surface area contributed by atoms with E-state index in [4.69, 9.17) is 4.74 Å². The summed E-state index contributed by atoms with van der Waals surface area (Å²) in [5.74, 6) is 2.56. The second-order valence-electron chi connectivity index (χ2n) is 6.31. The lowest BCUT2D eigenvalue weighted by Crippen LogP contribution is -2.37. The molecule has 0 bridgehead atoms. The van der Waals surface area contributed by atoms with Crippen LogP contribution >= 0.6 is 0 Å². The van der Waals surface area contributed by atoms with Crippen LogP contribution in [0.25, 0.3) is 0 Å². The van der Waals surface area contributed by atoms with Gasteiger partial charge in [-0.2, -0.15) is 0 Å². The van der Waals surface area contributed by atoms with Gasteiger partial charge in [0.05, 0.1) is 19.4 Å². The zero-order valence-corrected chi connectivity index (χ0v) is 15.3. The van der Waals surface area contributed by atoms with Crippen molar-refractivity contribution in [2.75, 3.05) is 6.61 Å². The molecule has 1 aromatic carbocycles. The van der Waals surface area contributed by atoms with Crippen molar-refractivity contribution < 1.29 is 14.3 Å². The van der Waals surface area contributed by atoms with E-state index in [2.05, 4.69) is 36.4 Å². The first-order chi connectivity index (χ1) is 10.8. The van der Waals surface area contributed by atoms with Gasteiger partial charge in [0.15, 0.2) is 0 Å². The first-order valence-electron chi connectivity index (χ1n) is 7.82. The summed E-state index contributed by atoms with van der Waals surface area (Å²) in [4.78, 5) is 23.9. The monoisotopic (exact) mass is 331 g/mol. The van der Waals surface area contributed by atoms with E-state index in [0.717, 1.165) is 5.56 Å². The first-order valence-corrected chi connectivity index (χ1v) is 11.3. The number of rotatable bonds is 6. The number of hydrogen-bond acceptors (Lipinski definition) is 3. The molecule has 124 valence electrons. The zero-order valence-electron chi connectivity index (χ0n) is 14.3. The number of amides is 1. The average molecular weight is 331 g/mol. The van der Waals surface area contributed by atoms with Gasteiger partial charge in [-0.05, 0) is 12.5 Å². The van der Waals surface area contributed by atoms with Crippen LogP contribution in [0.1, 0.15) is 18.9 Å². The summed E-state index contributed by atoms with van der Waals surface area (Å²) in [6, 6.07) is 8.98. The average Bonchev–Trinajstić information content (AvgIpc) is 2.45. The van der Waals surface area contributed by atoms with Crippen molar-refractivity contribution in [3.63, 3.8) is 0 Å². The molecule has 0 fully saturated rings. The van der Waals surface area contributed by atoms with E-state index < -0.39 is 14.1 Å². The lowest BCUT2D eigenvalue weighted by atomic mass is 10.1. The number of ether oxygens (including phenoxy) is 1. The van der Waals surface area contributed by atoms with Crippen LogP contribution in [0.15, 0.2) is 30.3 Å². The van der Waals surface area contributed by atoms with Gasteiger partial charge in [0.1, 0.15) is 14.1 Å². The van der Waals surface area contributed by atoms with Crippen LogP contribution in [0.2, 0.25) is 19.6 Å². The minimum absolute atomic E-state index is 0.0752. The van der Waals surface area contributed by atoms with E-state index in [1.807, 2.05) is 30.3 Å². The molecular weight excluding hydrogens is 306 g/mol. The molecule has 1 rings (SSSR count). The molecule has 1 atom stereocenters. The molecule has 1 N–H and O–H groups in total. The molecule has 0 aliphatic carbocycles. The Bertz CT molecular complexity index is 582. The van der Waals surface area contributed by atoms with E-state index in [1.165, 1.54) is 0 Å². The standard InChI is InChI=1S/C18H25NO3Si/c1-5-22-18(21)14-16(11-12-23(2,3)4)19-17(20)13-15-9-7-6-8-10-15/h6-10,16H,5,13-14H2,1-4H3,(H,19,20)/t16-/m0/s1. The summed E-state index contributed by atoms with van der Waals surface area (Å²) in [5.41, 5.74) is 4.13. The summed E-state index contributed by atoms with van der Waals surface area (Å²) < 4.78 is 4.96. The fourth-order valence-electron chi connectivity index (χ4n) is 1.85. The number of carbonyl (C=O) groups is 2.